The summed E-state index contributed by atoms with van der Waals surface area (Å²) in [6.07, 6.45) is -0.756. The van der Waals surface area contributed by atoms with E-state index in [-0.39, 0.29) is 11.3 Å². The molecule has 0 saturated carbocycles. The van der Waals surface area contributed by atoms with Crippen LogP contribution in [-0.4, -0.2) is 25.6 Å². The summed E-state index contributed by atoms with van der Waals surface area (Å²) in [5, 5.41) is 2.36. The van der Waals surface area contributed by atoms with E-state index in [9.17, 15) is 35.2 Å². The van der Waals surface area contributed by atoms with Crippen LogP contribution in [-0.2, 0) is 47.1 Å². The molecule has 2 aromatic carbocycles. The molecule has 0 aliphatic rings. The molecule has 0 bridgehead atoms. The quantitative estimate of drug-likeness (QED) is 0.267. The topological polar surface area (TPSA) is 88.2 Å². The number of amides is 1. The van der Waals surface area contributed by atoms with Crippen molar-refractivity contribution in [1.82, 2.24) is 10.3 Å². The number of carbonyl (C=O) groups is 1. The highest BCUT2D eigenvalue weighted by molar-refractivity contribution is 7.92. The van der Waals surface area contributed by atoms with Crippen LogP contribution in [0.15, 0.2) is 60.7 Å². The maximum Gasteiger partial charge on any atom is 0.418 e. The van der Waals surface area contributed by atoms with Gasteiger partial charge in [-0.25, -0.2) is 17.2 Å². The van der Waals surface area contributed by atoms with Gasteiger partial charge in [0.05, 0.1) is 23.2 Å². The number of alkyl halides is 4. The number of hydrogen-bond acceptors (Lipinski definition) is 4. The molecule has 3 aromatic rings. The maximum absolute atomic E-state index is 14.4. The van der Waals surface area contributed by atoms with Crippen molar-refractivity contribution < 1.29 is 35.2 Å². The molecule has 38 heavy (non-hydrogen) atoms. The number of anilines is 1. The summed E-state index contributed by atoms with van der Waals surface area (Å²) in [5.74, 6) is -2.12. The number of hydrogen-bond donors (Lipinski definition) is 2. The summed E-state index contributed by atoms with van der Waals surface area (Å²) in [5.41, 5.74) is -0.546. The molecule has 6 nitrogen and oxygen atoms in total. The van der Waals surface area contributed by atoms with E-state index in [1.807, 2.05) is 30.3 Å². The molecule has 12 heteroatoms. The standard InChI is InChI=1S/C26H24F5N3O3S/c1-38(36,37)34-25-21(26(29,30)31)13-18(14-22(25)28)16-32-24(35)12-9-19-8-10-20(15-27)33-23(19)11-7-17-5-3-2-4-6-17/h2-6,8-10,12-14,34H,7,11,15-16H2,1H3,(H,32,35)/b12-9+. The first-order valence-corrected chi connectivity index (χ1v) is 13.2. The Labute approximate surface area is 216 Å². The van der Waals surface area contributed by atoms with Crippen molar-refractivity contribution in [1.29, 1.82) is 0 Å². The first kappa shape index (κ1) is 28.8. The molecule has 0 unspecified atom stereocenters. The second-order valence-electron chi connectivity index (χ2n) is 8.38. The SMILES string of the molecule is CS(=O)(=O)Nc1c(F)cc(CNC(=O)/C=C/c2ccc(CF)nc2CCc2ccccc2)cc1C(F)(F)F. The third-order valence-electron chi connectivity index (χ3n) is 5.32. The molecule has 202 valence electrons. The van der Waals surface area contributed by atoms with Crippen LogP contribution in [0.1, 0.15) is 33.6 Å². The first-order valence-electron chi connectivity index (χ1n) is 11.3. The van der Waals surface area contributed by atoms with Crippen molar-refractivity contribution in [2.45, 2.75) is 32.2 Å². The highest BCUT2D eigenvalue weighted by Crippen LogP contribution is 2.37. The van der Waals surface area contributed by atoms with Gasteiger partial charge in [0, 0.05) is 18.3 Å². The van der Waals surface area contributed by atoms with Gasteiger partial charge in [0.1, 0.15) is 12.5 Å². The van der Waals surface area contributed by atoms with Crippen LogP contribution in [0.4, 0.5) is 27.6 Å². The van der Waals surface area contributed by atoms with Crippen molar-refractivity contribution in [3.05, 3.63) is 100 Å². The molecule has 1 aromatic heterocycles. The lowest BCUT2D eigenvalue weighted by atomic mass is 10.0. The minimum atomic E-state index is -5.05. The van der Waals surface area contributed by atoms with Crippen molar-refractivity contribution in [3.63, 3.8) is 0 Å². The molecule has 1 amide bonds. The van der Waals surface area contributed by atoms with Gasteiger partial charge in [-0.05, 0) is 53.8 Å². The summed E-state index contributed by atoms with van der Waals surface area (Å²) >= 11 is 0. The van der Waals surface area contributed by atoms with Gasteiger partial charge in [0.25, 0.3) is 0 Å². The second kappa shape index (κ2) is 12.2. The summed E-state index contributed by atoms with van der Waals surface area (Å²) in [6, 6.07) is 13.9. The molecule has 3 rings (SSSR count). The zero-order valence-corrected chi connectivity index (χ0v) is 21.0. The molecule has 0 fully saturated rings. The molecule has 0 radical (unpaired) electrons. The van der Waals surface area contributed by atoms with Crippen molar-refractivity contribution >= 4 is 27.7 Å². The van der Waals surface area contributed by atoms with E-state index in [0.29, 0.717) is 42.5 Å². The Kier molecular flexibility index (Phi) is 9.21. The number of halogens is 5. The van der Waals surface area contributed by atoms with Gasteiger partial charge in [-0.2, -0.15) is 13.2 Å². The fourth-order valence-corrected chi connectivity index (χ4v) is 4.16. The monoisotopic (exact) mass is 553 g/mol. The Balaban J connectivity index is 1.74. The zero-order chi connectivity index (χ0) is 27.9. The van der Waals surface area contributed by atoms with E-state index in [2.05, 4.69) is 10.3 Å². The highest BCUT2D eigenvalue weighted by atomic mass is 32.2. The molecule has 1 heterocycles. The Morgan fingerprint density at radius 2 is 1.74 bits per heavy atom. The maximum atomic E-state index is 14.4. The van der Waals surface area contributed by atoms with Crippen molar-refractivity contribution in [3.8, 4) is 0 Å². The average Bonchev–Trinajstić information content (AvgIpc) is 2.85. The lowest BCUT2D eigenvalue weighted by Crippen LogP contribution is -2.22. The average molecular weight is 554 g/mol. The fraction of sp³-hybridized carbons (Fsp3) is 0.231. The minimum Gasteiger partial charge on any atom is -0.348 e. The van der Waals surface area contributed by atoms with Gasteiger partial charge in [0.2, 0.25) is 15.9 Å². The van der Waals surface area contributed by atoms with Crippen LogP contribution in [0.2, 0.25) is 0 Å². The molecular formula is C26H24F5N3O3S. The number of nitrogens with zero attached hydrogens (tertiary/aromatic N) is 1. The highest BCUT2D eigenvalue weighted by Gasteiger charge is 2.36. The largest absolute Gasteiger partial charge is 0.418 e. The van der Waals surface area contributed by atoms with Gasteiger partial charge < -0.3 is 5.32 Å². The number of nitrogens with one attached hydrogen (secondary N) is 2. The number of aromatic nitrogens is 1. The lowest BCUT2D eigenvalue weighted by Gasteiger charge is -2.16. The molecule has 2 N–H and O–H groups in total. The number of pyridine rings is 1. The van der Waals surface area contributed by atoms with Gasteiger partial charge in [0.15, 0.2) is 0 Å². The number of carbonyl (C=O) groups excluding carboxylic acids is 1. The Morgan fingerprint density at radius 3 is 2.37 bits per heavy atom. The molecule has 0 saturated heterocycles. The zero-order valence-electron chi connectivity index (χ0n) is 20.1. The number of sulfonamides is 1. The Morgan fingerprint density at radius 1 is 1.03 bits per heavy atom. The summed E-state index contributed by atoms with van der Waals surface area (Å²) in [4.78, 5) is 16.6. The predicted octanol–water partition coefficient (Wildman–Crippen LogP) is 5.20. The number of aryl methyl sites for hydroxylation is 2. The van der Waals surface area contributed by atoms with E-state index in [0.717, 1.165) is 11.6 Å². The normalized spacial score (nSPS) is 12.1. The Hall–Kier alpha value is -3.80. The van der Waals surface area contributed by atoms with Gasteiger partial charge in [-0.3, -0.25) is 14.5 Å². The summed E-state index contributed by atoms with van der Waals surface area (Å²) in [7, 11) is -4.18. The molecule has 0 atom stereocenters. The smallest absolute Gasteiger partial charge is 0.348 e. The third-order valence-corrected chi connectivity index (χ3v) is 5.90. The van der Waals surface area contributed by atoms with Crippen LogP contribution in [0.5, 0.6) is 0 Å². The molecular weight excluding hydrogens is 529 g/mol. The van der Waals surface area contributed by atoms with Crippen LogP contribution < -0.4 is 10.0 Å². The number of benzene rings is 2. The summed E-state index contributed by atoms with van der Waals surface area (Å²) in [6.45, 7) is -1.21. The second-order valence-corrected chi connectivity index (χ2v) is 10.1. The Bertz CT molecular complexity index is 1430. The first-order chi connectivity index (χ1) is 17.9. The van der Waals surface area contributed by atoms with Crippen LogP contribution in [0.3, 0.4) is 0 Å². The van der Waals surface area contributed by atoms with E-state index in [1.54, 1.807) is 6.07 Å². The summed E-state index contributed by atoms with van der Waals surface area (Å²) < 4.78 is 92.1. The van der Waals surface area contributed by atoms with Crippen LogP contribution >= 0.6 is 0 Å². The predicted molar refractivity (Wildman–Crippen MR) is 134 cm³/mol. The van der Waals surface area contributed by atoms with E-state index in [4.69, 9.17) is 0 Å². The van der Waals surface area contributed by atoms with E-state index < -0.39 is 52.4 Å². The van der Waals surface area contributed by atoms with E-state index >= 15 is 0 Å². The van der Waals surface area contributed by atoms with E-state index in [1.165, 1.54) is 16.9 Å². The fourth-order valence-electron chi connectivity index (χ4n) is 3.58. The molecule has 0 aliphatic carbocycles. The third kappa shape index (κ3) is 8.37. The van der Waals surface area contributed by atoms with Crippen LogP contribution in [0.25, 0.3) is 6.08 Å². The number of rotatable bonds is 10. The lowest BCUT2D eigenvalue weighted by molar-refractivity contribution is -0.137. The van der Waals surface area contributed by atoms with Gasteiger partial charge >= 0.3 is 6.18 Å². The van der Waals surface area contributed by atoms with Gasteiger partial charge in [-0.1, -0.05) is 36.4 Å². The van der Waals surface area contributed by atoms with Crippen molar-refractivity contribution in [2.75, 3.05) is 11.0 Å². The minimum absolute atomic E-state index is 0.229. The molecule has 0 aliphatic heterocycles. The van der Waals surface area contributed by atoms with Crippen LogP contribution in [0, 0.1) is 5.82 Å². The van der Waals surface area contributed by atoms with Crippen molar-refractivity contribution in [2.24, 2.45) is 0 Å². The van der Waals surface area contributed by atoms with Gasteiger partial charge in [-0.15, -0.1) is 0 Å². The molecule has 0 spiro atoms.